The summed E-state index contributed by atoms with van der Waals surface area (Å²) in [5.41, 5.74) is 8.69. The van der Waals surface area contributed by atoms with Crippen molar-refractivity contribution in [2.75, 3.05) is 5.73 Å². The Kier molecular flexibility index (Phi) is 4.03. The first-order valence-electron chi connectivity index (χ1n) is 6.40. The van der Waals surface area contributed by atoms with Crippen molar-refractivity contribution in [1.29, 1.82) is 0 Å². The molecular formula is C16H17FN2O. The van der Waals surface area contributed by atoms with Crippen molar-refractivity contribution in [3.05, 3.63) is 65.0 Å². The molecule has 0 aliphatic rings. The Morgan fingerprint density at radius 2 is 1.85 bits per heavy atom. The topological polar surface area (TPSA) is 55.1 Å². The van der Waals surface area contributed by atoms with Gasteiger partial charge in [0, 0.05) is 11.3 Å². The molecule has 0 aromatic heterocycles. The highest BCUT2D eigenvalue weighted by atomic mass is 19.1. The van der Waals surface area contributed by atoms with Crippen LogP contribution < -0.4 is 11.1 Å². The minimum atomic E-state index is -0.293. The predicted octanol–water partition coefficient (Wildman–Crippen LogP) is 3.21. The number of nitrogen functional groups attached to an aromatic ring is 1. The molecule has 0 bridgehead atoms. The van der Waals surface area contributed by atoms with Gasteiger partial charge < -0.3 is 11.1 Å². The van der Waals surface area contributed by atoms with Crippen molar-refractivity contribution in [2.24, 2.45) is 0 Å². The van der Waals surface area contributed by atoms with Gasteiger partial charge in [0.15, 0.2) is 0 Å². The Bertz CT molecular complexity index is 623. The number of aryl methyl sites for hydroxylation is 1. The van der Waals surface area contributed by atoms with Gasteiger partial charge in [-0.15, -0.1) is 0 Å². The first-order chi connectivity index (χ1) is 9.47. The average molecular weight is 272 g/mol. The number of rotatable bonds is 3. The Balaban J connectivity index is 2.10. The van der Waals surface area contributed by atoms with E-state index in [2.05, 4.69) is 5.32 Å². The van der Waals surface area contributed by atoms with Gasteiger partial charge in [0.25, 0.3) is 5.91 Å². The Hall–Kier alpha value is -2.36. The number of anilines is 1. The highest BCUT2D eigenvalue weighted by Gasteiger charge is 2.12. The molecule has 0 heterocycles. The summed E-state index contributed by atoms with van der Waals surface area (Å²) in [5, 5.41) is 2.86. The molecule has 0 saturated carbocycles. The van der Waals surface area contributed by atoms with Crippen LogP contribution in [0.4, 0.5) is 10.1 Å². The highest BCUT2D eigenvalue weighted by molar-refractivity contribution is 5.95. The van der Waals surface area contributed by atoms with Gasteiger partial charge in [-0.25, -0.2) is 4.39 Å². The van der Waals surface area contributed by atoms with Crippen LogP contribution in [0.15, 0.2) is 42.5 Å². The number of amides is 1. The molecule has 0 saturated heterocycles. The Morgan fingerprint density at radius 1 is 1.20 bits per heavy atom. The number of carbonyl (C=O) groups excluding carboxylic acids is 1. The lowest BCUT2D eigenvalue weighted by Gasteiger charge is -2.15. The summed E-state index contributed by atoms with van der Waals surface area (Å²) in [7, 11) is 0. The van der Waals surface area contributed by atoms with Crippen molar-refractivity contribution in [1.82, 2.24) is 5.32 Å². The molecule has 2 rings (SSSR count). The number of hydrogen-bond acceptors (Lipinski definition) is 2. The Morgan fingerprint density at radius 3 is 2.45 bits per heavy atom. The van der Waals surface area contributed by atoms with Crippen molar-refractivity contribution in [3.63, 3.8) is 0 Å². The quantitative estimate of drug-likeness (QED) is 0.843. The summed E-state index contributed by atoms with van der Waals surface area (Å²) < 4.78 is 12.9. The maximum Gasteiger partial charge on any atom is 0.251 e. The van der Waals surface area contributed by atoms with E-state index in [9.17, 15) is 9.18 Å². The first kappa shape index (κ1) is 14.1. The van der Waals surface area contributed by atoms with Crippen LogP contribution in [0.2, 0.25) is 0 Å². The second-order valence-corrected chi connectivity index (χ2v) is 4.82. The number of hydrogen-bond donors (Lipinski definition) is 2. The van der Waals surface area contributed by atoms with E-state index >= 15 is 0 Å². The van der Waals surface area contributed by atoms with E-state index in [4.69, 9.17) is 5.73 Å². The molecule has 1 amide bonds. The fourth-order valence-electron chi connectivity index (χ4n) is 1.90. The van der Waals surface area contributed by atoms with Gasteiger partial charge in [0.1, 0.15) is 5.82 Å². The van der Waals surface area contributed by atoms with E-state index in [1.165, 1.54) is 12.1 Å². The summed E-state index contributed by atoms with van der Waals surface area (Å²) in [6, 6.07) is 11.1. The standard InChI is InChI=1S/C16H17FN2O/c1-10-3-4-13(9-15(10)18)16(20)19-11(2)12-5-7-14(17)8-6-12/h3-9,11H,18H2,1-2H3,(H,19,20)/t11-/m0/s1. The average Bonchev–Trinajstić information content (AvgIpc) is 2.42. The Labute approximate surface area is 117 Å². The molecule has 4 heteroatoms. The lowest BCUT2D eigenvalue weighted by Crippen LogP contribution is -2.26. The summed E-state index contributed by atoms with van der Waals surface area (Å²) in [4.78, 5) is 12.1. The fraction of sp³-hybridized carbons (Fsp3) is 0.188. The molecule has 2 aromatic rings. The van der Waals surface area contributed by atoms with Gasteiger partial charge >= 0.3 is 0 Å². The molecular weight excluding hydrogens is 255 g/mol. The van der Waals surface area contributed by atoms with Crippen LogP contribution in [0.1, 0.15) is 34.5 Å². The minimum Gasteiger partial charge on any atom is -0.398 e. The fourth-order valence-corrected chi connectivity index (χ4v) is 1.90. The van der Waals surface area contributed by atoms with Crippen LogP contribution >= 0.6 is 0 Å². The molecule has 3 N–H and O–H groups in total. The highest BCUT2D eigenvalue weighted by Crippen LogP contribution is 2.16. The maximum atomic E-state index is 12.9. The lowest BCUT2D eigenvalue weighted by molar-refractivity contribution is 0.0940. The molecule has 104 valence electrons. The monoisotopic (exact) mass is 272 g/mol. The van der Waals surface area contributed by atoms with Gasteiger partial charge in [-0.3, -0.25) is 4.79 Å². The van der Waals surface area contributed by atoms with Gasteiger partial charge in [0.05, 0.1) is 6.04 Å². The normalized spacial score (nSPS) is 11.9. The zero-order valence-electron chi connectivity index (χ0n) is 11.5. The summed E-state index contributed by atoms with van der Waals surface area (Å²) in [5.74, 6) is -0.493. The largest absolute Gasteiger partial charge is 0.398 e. The van der Waals surface area contributed by atoms with Crippen LogP contribution in [-0.2, 0) is 0 Å². The molecule has 3 nitrogen and oxygen atoms in total. The molecule has 0 aliphatic carbocycles. The van der Waals surface area contributed by atoms with E-state index in [0.717, 1.165) is 11.1 Å². The van der Waals surface area contributed by atoms with E-state index < -0.39 is 0 Å². The van der Waals surface area contributed by atoms with Gasteiger partial charge in [-0.2, -0.15) is 0 Å². The summed E-state index contributed by atoms with van der Waals surface area (Å²) in [6.07, 6.45) is 0. The third-order valence-electron chi connectivity index (χ3n) is 3.26. The third kappa shape index (κ3) is 3.15. The molecule has 2 aromatic carbocycles. The molecule has 0 radical (unpaired) electrons. The molecule has 0 fully saturated rings. The molecule has 0 spiro atoms. The second-order valence-electron chi connectivity index (χ2n) is 4.82. The van der Waals surface area contributed by atoms with Crippen molar-refractivity contribution in [3.8, 4) is 0 Å². The van der Waals surface area contributed by atoms with E-state index in [1.807, 2.05) is 19.9 Å². The number of benzene rings is 2. The molecule has 0 unspecified atom stereocenters. The van der Waals surface area contributed by atoms with Crippen LogP contribution in [-0.4, -0.2) is 5.91 Å². The van der Waals surface area contributed by atoms with Gasteiger partial charge in [0.2, 0.25) is 0 Å². The zero-order valence-corrected chi connectivity index (χ0v) is 11.5. The SMILES string of the molecule is Cc1ccc(C(=O)N[C@@H](C)c2ccc(F)cc2)cc1N. The minimum absolute atomic E-state index is 0.200. The number of nitrogens with one attached hydrogen (secondary N) is 1. The zero-order chi connectivity index (χ0) is 14.7. The van der Waals surface area contributed by atoms with E-state index in [0.29, 0.717) is 11.3 Å². The van der Waals surface area contributed by atoms with Gasteiger partial charge in [-0.1, -0.05) is 18.2 Å². The van der Waals surface area contributed by atoms with Crippen LogP contribution in [0, 0.1) is 12.7 Å². The van der Waals surface area contributed by atoms with Crippen molar-refractivity contribution >= 4 is 11.6 Å². The number of halogens is 1. The predicted molar refractivity (Wildman–Crippen MR) is 77.9 cm³/mol. The van der Waals surface area contributed by atoms with Gasteiger partial charge in [-0.05, 0) is 49.2 Å². The van der Waals surface area contributed by atoms with Crippen LogP contribution in [0.3, 0.4) is 0 Å². The van der Waals surface area contributed by atoms with Crippen molar-refractivity contribution in [2.45, 2.75) is 19.9 Å². The molecule has 20 heavy (non-hydrogen) atoms. The third-order valence-corrected chi connectivity index (χ3v) is 3.26. The molecule has 1 atom stereocenters. The van der Waals surface area contributed by atoms with E-state index in [1.54, 1.807) is 24.3 Å². The first-order valence-corrected chi connectivity index (χ1v) is 6.40. The second kappa shape index (κ2) is 5.74. The smallest absolute Gasteiger partial charge is 0.251 e. The summed E-state index contributed by atoms with van der Waals surface area (Å²) >= 11 is 0. The maximum absolute atomic E-state index is 12.9. The van der Waals surface area contributed by atoms with Crippen molar-refractivity contribution < 1.29 is 9.18 Å². The van der Waals surface area contributed by atoms with E-state index in [-0.39, 0.29) is 17.8 Å². The summed E-state index contributed by atoms with van der Waals surface area (Å²) in [6.45, 7) is 3.74. The molecule has 0 aliphatic heterocycles. The number of carbonyl (C=O) groups is 1. The lowest BCUT2D eigenvalue weighted by atomic mass is 10.1. The number of nitrogens with two attached hydrogens (primary N) is 1. The van der Waals surface area contributed by atoms with Crippen LogP contribution in [0.5, 0.6) is 0 Å². The van der Waals surface area contributed by atoms with Crippen LogP contribution in [0.25, 0.3) is 0 Å².